The number of hydrogen-bond acceptors (Lipinski definition) is 6. The van der Waals surface area contributed by atoms with Crippen LogP contribution in [0.15, 0.2) is 6.07 Å². The highest BCUT2D eigenvalue weighted by molar-refractivity contribution is 7.10. The maximum absolute atomic E-state index is 11.0. The Balaban J connectivity index is 1.90. The van der Waals surface area contributed by atoms with Gasteiger partial charge in [0.25, 0.3) is 0 Å². The largest absolute Gasteiger partial charge is 0.453 e. The Morgan fingerprint density at radius 1 is 1.81 bits per heavy atom. The van der Waals surface area contributed by atoms with Crippen molar-refractivity contribution in [3.05, 3.63) is 6.07 Å². The van der Waals surface area contributed by atoms with Crippen molar-refractivity contribution in [2.45, 2.75) is 12.5 Å². The van der Waals surface area contributed by atoms with Crippen LogP contribution in [-0.4, -0.2) is 36.7 Å². The average molecular weight is 242 g/mol. The molecule has 2 heterocycles. The fraction of sp³-hybridized carbons (Fsp3) is 0.556. The van der Waals surface area contributed by atoms with Crippen molar-refractivity contribution in [1.82, 2.24) is 9.69 Å². The summed E-state index contributed by atoms with van der Waals surface area (Å²) in [5.41, 5.74) is 5.57. The third-order valence-electron chi connectivity index (χ3n) is 2.52. The lowest BCUT2D eigenvalue weighted by Crippen LogP contribution is -2.36. The smallest absolute Gasteiger partial charge is 0.407 e. The fourth-order valence-corrected chi connectivity index (χ4v) is 2.44. The molecule has 1 aromatic heterocycles. The average Bonchev–Trinajstić information content (AvgIpc) is 2.87. The minimum absolute atomic E-state index is 0.135. The summed E-state index contributed by atoms with van der Waals surface area (Å²) >= 11 is 1.38. The Labute approximate surface area is 97.5 Å². The molecule has 1 unspecified atom stereocenters. The number of alkyl carbamates (subject to hydrolysis) is 1. The van der Waals surface area contributed by atoms with Gasteiger partial charge in [-0.2, -0.15) is 4.37 Å². The Bertz CT molecular complexity index is 381. The van der Waals surface area contributed by atoms with E-state index in [9.17, 15) is 4.79 Å². The first-order valence-electron chi connectivity index (χ1n) is 5.00. The van der Waals surface area contributed by atoms with E-state index in [2.05, 4.69) is 19.3 Å². The summed E-state index contributed by atoms with van der Waals surface area (Å²) in [6.07, 6.45) is 0.531. The van der Waals surface area contributed by atoms with E-state index in [0.29, 0.717) is 5.82 Å². The van der Waals surface area contributed by atoms with E-state index in [1.54, 1.807) is 0 Å². The van der Waals surface area contributed by atoms with Crippen molar-refractivity contribution in [1.29, 1.82) is 0 Å². The molecule has 0 aliphatic carbocycles. The SMILES string of the molecule is COC(=O)NC1CCN(c2cc(N)ns2)C1. The highest BCUT2D eigenvalue weighted by atomic mass is 32.1. The maximum Gasteiger partial charge on any atom is 0.407 e. The fourth-order valence-electron chi connectivity index (χ4n) is 1.73. The number of methoxy groups -OCH3 is 1. The molecule has 0 bridgehead atoms. The summed E-state index contributed by atoms with van der Waals surface area (Å²) in [5, 5.41) is 3.83. The topological polar surface area (TPSA) is 80.5 Å². The summed E-state index contributed by atoms with van der Waals surface area (Å²) < 4.78 is 8.59. The molecule has 0 aromatic carbocycles. The van der Waals surface area contributed by atoms with E-state index >= 15 is 0 Å². The third kappa shape index (κ3) is 2.35. The molecule has 1 aliphatic heterocycles. The van der Waals surface area contributed by atoms with Crippen LogP contribution < -0.4 is 16.0 Å². The third-order valence-corrected chi connectivity index (χ3v) is 3.39. The minimum Gasteiger partial charge on any atom is -0.453 e. The number of hydrogen-bond donors (Lipinski definition) is 2. The van der Waals surface area contributed by atoms with Gasteiger partial charge in [-0.15, -0.1) is 0 Å². The van der Waals surface area contributed by atoms with Gasteiger partial charge in [0, 0.05) is 19.2 Å². The molecule has 0 spiro atoms. The van der Waals surface area contributed by atoms with Gasteiger partial charge in [0.1, 0.15) is 10.8 Å². The maximum atomic E-state index is 11.0. The Hall–Kier alpha value is -1.50. The van der Waals surface area contributed by atoms with Gasteiger partial charge in [-0.05, 0) is 18.0 Å². The number of anilines is 2. The number of carbonyl (C=O) groups excluding carboxylic acids is 1. The molecule has 0 saturated carbocycles. The van der Waals surface area contributed by atoms with Gasteiger partial charge in [-0.25, -0.2) is 4.79 Å². The van der Waals surface area contributed by atoms with E-state index in [1.165, 1.54) is 18.6 Å². The molecule has 1 amide bonds. The Morgan fingerprint density at radius 2 is 2.62 bits per heavy atom. The molecule has 2 rings (SSSR count). The first-order valence-corrected chi connectivity index (χ1v) is 5.78. The van der Waals surface area contributed by atoms with Crippen molar-refractivity contribution in [3.63, 3.8) is 0 Å². The minimum atomic E-state index is -0.379. The molecule has 0 radical (unpaired) electrons. The van der Waals surface area contributed by atoms with Crippen molar-refractivity contribution < 1.29 is 9.53 Å². The lowest BCUT2D eigenvalue weighted by molar-refractivity contribution is 0.167. The molecule has 3 N–H and O–H groups in total. The number of nitrogens with two attached hydrogens (primary N) is 1. The molecule has 1 aromatic rings. The number of nitrogen functional groups attached to an aromatic ring is 1. The molecule has 1 aliphatic rings. The lowest BCUT2D eigenvalue weighted by atomic mass is 10.3. The van der Waals surface area contributed by atoms with Gasteiger partial charge in [-0.1, -0.05) is 0 Å². The number of carbonyl (C=O) groups is 1. The molecule has 1 fully saturated rings. The molecular weight excluding hydrogens is 228 g/mol. The zero-order valence-electron chi connectivity index (χ0n) is 8.97. The van der Waals surface area contributed by atoms with Crippen LogP contribution in [0.5, 0.6) is 0 Å². The van der Waals surface area contributed by atoms with Crippen molar-refractivity contribution in [2.24, 2.45) is 0 Å². The zero-order chi connectivity index (χ0) is 11.5. The summed E-state index contributed by atoms with van der Waals surface area (Å²) in [6, 6.07) is 1.99. The summed E-state index contributed by atoms with van der Waals surface area (Å²) in [6.45, 7) is 1.67. The quantitative estimate of drug-likeness (QED) is 0.796. The van der Waals surface area contributed by atoms with Crippen molar-refractivity contribution in [3.8, 4) is 0 Å². The van der Waals surface area contributed by atoms with Gasteiger partial charge in [0.2, 0.25) is 0 Å². The number of rotatable bonds is 2. The van der Waals surface area contributed by atoms with Crippen LogP contribution in [-0.2, 0) is 4.74 Å². The number of nitrogens with one attached hydrogen (secondary N) is 1. The van der Waals surface area contributed by atoms with E-state index in [0.717, 1.165) is 24.5 Å². The number of amides is 1. The second kappa shape index (κ2) is 4.56. The normalized spacial score (nSPS) is 19.8. The standard InChI is InChI=1S/C9H14N4O2S/c1-15-9(14)11-6-2-3-13(5-6)8-4-7(10)12-16-8/h4,6H,2-3,5H2,1H3,(H2,10,12)(H,11,14). The van der Waals surface area contributed by atoms with Gasteiger partial charge in [-0.3, -0.25) is 0 Å². The highest BCUT2D eigenvalue weighted by Crippen LogP contribution is 2.26. The zero-order valence-corrected chi connectivity index (χ0v) is 9.79. The Kier molecular flexibility index (Phi) is 3.14. The van der Waals surface area contributed by atoms with Crippen LogP contribution in [0.2, 0.25) is 0 Å². The molecule has 88 valence electrons. The summed E-state index contributed by atoms with van der Waals surface area (Å²) in [4.78, 5) is 13.2. The van der Waals surface area contributed by atoms with Gasteiger partial charge < -0.3 is 20.7 Å². The van der Waals surface area contributed by atoms with Crippen LogP contribution in [0, 0.1) is 0 Å². The van der Waals surface area contributed by atoms with E-state index in [-0.39, 0.29) is 12.1 Å². The van der Waals surface area contributed by atoms with Crippen molar-refractivity contribution >= 4 is 28.4 Å². The van der Waals surface area contributed by atoms with Crippen LogP contribution in [0.4, 0.5) is 15.6 Å². The summed E-state index contributed by atoms with van der Waals surface area (Å²) in [5.74, 6) is 0.546. The second-order valence-corrected chi connectivity index (χ2v) is 4.44. The van der Waals surface area contributed by atoms with Crippen LogP contribution in [0.25, 0.3) is 0 Å². The van der Waals surface area contributed by atoms with Crippen LogP contribution in [0.1, 0.15) is 6.42 Å². The Morgan fingerprint density at radius 3 is 3.25 bits per heavy atom. The van der Waals surface area contributed by atoms with Crippen LogP contribution in [0.3, 0.4) is 0 Å². The second-order valence-electron chi connectivity index (χ2n) is 3.66. The molecule has 6 nitrogen and oxygen atoms in total. The number of ether oxygens (including phenoxy) is 1. The highest BCUT2D eigenvalue weighted by Gasteiger charge is 2.25. The molecule has 16 heavy (non-hydrogen) atoms. The predicted octanol–water partition coefficient (Wildman–Crippen LogP) is 0.660. The number of aromatic nitrogens is 1. The van der Waals surface area contributed by atoms with Gasteiger partial charge in [0.05, 0.1) is 13.2 Å². The van der Waals surface area contributed by atoms with Crippen LogP contribution >= 0.6 is 11.5 Å². The van der Waals surface area contributed by atoms with E-state index < -0.39 is 0 Å². The molecular formula is C9H14N4O2S. The number of nitrogens with zero attached hydrogens (tertiary/aromatic N) is 2. The van der Waals surface area contributed by atoms with E-state index in [4.69, 9.17) is 5.73 Å². The van der Waals surface area contributed by atoms with E-state index in [1.807, 2.05) is 6.07 Å². The molecule has 1 atom stereocenters. The first kappa shape index (κ1) is 11.0. The monoisotopic (exact) mass is 242 g/mol. The summed E-state index contributed by atoms with van der Waals surface area (Å²) in [7, 11) is 1.37. The predicted molar refractivity (Wildman–Crippen MR) is 62.7 cm³/mol. The van der Waals surface area contributed by atoms with Gasteiger partial charge in [0.15, 0.2) is 0 Å². The van der Waals surface area contributed by atoms with Crippen molar-refractivity contribution in [2.75, 3.05) is 30.8 Å². The first-order chi connectivity index (χ1) is 7.69. The molecule has 1 saturated heterocycles. The molecule has 7 heteroatoms. The van der Waals surface area contributed by atoms with Gasteiger partial charge >= 0.3 is 6.09 Å². The lowest BCUT2D eigenvalue weighted by Gasteiger charge is -2.15.